The Morgan fingerprint density at radius 2 is 1.80 bits per heavy atom. The first-order valence-corrected chi connectivity index (χ1v) is 5.92. The number of furan rings is 3. The van der Waals surface area contributed by atoms with Crippen molar-refractivity contribution in [2.45, 2.75) is 0 Å². The summed E-state index contributed by atoms with van der Waals surface area (Å²) in [6, 6.07) is 6.98. The molecule has 0 aliphatic rings. The lowest BCUT2D eigenvalue weighted by Crippen LogP contribution is -2.05. The van der Waals surface area contributed by atoms with E-state index in [0.717, 1.165) is 0 Å². The van der Waals surface area contributed by atoms with E-state index in [9.17, 15) is 4.79 Å². The molecule has 4 heterocycles. The average Bonchev–Trinajstić information content (AvgIpc) is 3.18. The Hall–Kier alpha value is -3.02. The molecule has 4 aromatic rings. The van der Waals surface area contributed by atoms with E-state index in [1.54, 1.807) is 24.3 Å². The van der Waals surface area contributed by atoms with Crippen LogP contribution in [0.4, 0.5) is 0 Å². The van der Waals surface area contributed by atoms with Crippen LogP contribution in [-0.2, 0) is 0 Å². The van der Waals surface area contributed by atoms with Crippen LogP contribution in [0.2, 0.25) is 0 Å². The van der Waals surface area contributed by atoms with Gasteiger partial charge in [0, 0.05) is 0 Å². The number of hydrogen-bond donors (Lipinski definition) is 1. The van der Waals surface area contributed by atoms with E-state index in [-0.39, 0.29) is 11.3 Å². The van der Waals surface area contributed by atoms with Gasteiger partial charge in [-0.3, -0.25) is 4.79 Å². The lowest BCUT2D eigenvalue weighted by Gasteiger charge is -1.96. The van der Waals surface area contributed by atoms with Crippen LogP contribution in [0.1, 0.15) is 0 Å². The van der Waals surface area contributed by atoms with Gasteiger partial charge >= 0.3 is 0 Å². The van der Waals surface area contributed by atoms with Gasteiger partial charge in [0.15, 0.2) is 11.5 Å². The number of aromatic nitrogens is 2. The molecule has 98 valence electrons. The highest BCUT2D eigenvalue weighted by Crippen LogP contribution is 2.38. The molecule has 0 radical (unpaired) electrons. The molecule has 4 aromatic heterocycles. The van der Waals surface area contributed by atoms with Crippen LogP contribution in [-0.4, -0.2) is 9.97 Å². The van der Waals surface area contributed by atoms with Crippen molar-refractivity contribution in [3.8, 4) is 22.8 Å². The van der Waals surface area contributed by atoms with E-state index < -0.39 is 0 Å². The summed E-state index contributed by atoms with van der Waals surface area (Å²) < 4.78 is 16.4. The normalized spacial score (nSPS) is 11.2. The van der Waals surface area contributed by atoms with Crippen LogP contribution in [0.15, 0.2) is 61.2 Å². The van der Waals surface area contributed by atoms with Crippen molar-refractivity contribution in [1.82, 2.24) is 9.97 Å². The largest absolute Gasteiger partial charge is 0.464 e. The molecule has 0 aliphatic carbocycles. The number of H-pyrrole nitrogens is 1. The van der Waals surface area contributed by atoms with Gasteiger partial charge in [-0.05, 0) is 24.3 Å². The summed E-state index contributed by atoms with van der Waals surface area (Å²) in [5, 5.41) is 0.342. The minimum atomic E-state index is -0.289. The molecule has 0 saturated carbocycles. The molecule has 20 heavy (non-hydrogen) atoms. The number of nitrogens with zero attached hydrogens (tertiary/aromatic N) is 1. The van der Waals surface area contributed by atoms with Gasteiger partial charge in [-0.2, -0.15) is 0 Å². The molecule has 0 fully saturated rings. The van der Waals surface area contributed by atoms with Crippen molar-refractivity contribution in [3.63, 3.8) is 0 Å². The van der Waals surface area contributed by atoms with Gasteiger partial charge < -0.3 is 18.2 Å². The van der Waals surface area contributed by atoms with E-state index in [2.05, 4.69) is 9.97 Å². The number of hydrogen-bond acceptors (Lipinski definition) is 5. The highest BCUT2D eigenvalue weighted by atomic mass is 16.4. The van der Waals surface area contributed by atoms with Crippen molar-refractivity contribution in [2.75, 3.05) is 0 Å². The second kappa shape index (κ2) is 3.99. The number of aromatic amines is 1. The topological polar surface area (TPSA) is 85.2 Å². The van der Waals surface area contributed by atoms with Gasteiger partial charge in [0.05, 0.1) is 24.4 Å². The van der Waals surface area contributed by atoms with Crippen molar-refractivity contribution in [2.24, 2.45) is 0 Å². The van der Waals surface area contributed by atoms with E-state index in [1.807, 2.05) is 0 Å². The summed E-state index contributed by atoms with van der Waals surface area (Å²) in [6.45, 7) is 0. The Morgan fingerprint density at radius 1 is 1.05 bits per heavy atom. The van der Waals surface area contributed by atoms with Gasteiger partial charge in [-0.25, -0.2) is 4.98 Å². The first kappa shape index (κ1) is 10.9. The molecule has 0 spiro atoms. The quantitative estimate of drug-likeness (QED) is 0.604. The zero-order chi connectivity index (χ0) is 13.5. The van der Waals surface area contributed by atoms with Crippen LogP contribution in [0.25, 0.3) is 33.9 Å². The standard InChI is InChI=1S/C14H8N2O4/c17-13-11-10(8-3-1-5-18-8)12(9-4-2-6-19-9)20-14(11)16-7-15-13/h1-7H,(H,15,16,17). The summed E-state index contributed by atoms with van der Waals surface area (Å²) in [5.74, 6) is 1.45. The molecular weight excluding hydrogens is 260 g/mol. The monoisotopic (exact) mass is 268 g/mol. The lowest BCUT2D eigenvalue weighted by molar-refractivity contribution is 0.536. The Morgan fingerprint density at radius 3 is 2.50 bits per heavy atom. The molecular formula is C14H8N2O4. The molecule has 0 atom stereocenters. The molecule has 0 amide bonds. The van der Waals surface area contributed by atoms with Gasteiger partial charge in [0.25, 0.3) is 5.56 Å². The van der Waals surface area contributed by atoms with Crippen LogP contribution in [0, 0.1) is 0 Å². The maximum absolute atomic E-state index is 12.0. The third-order valence-corrected chi connectivity index (χ3v) is 3.01. The number of rotatable bonds is 2. The first-order valence-electron chi connectivity index (χ1n) is 5.92. The summed E-state index contributed by atoms with van der Waals surface area (Å²) in [4.78, 5) is 18.6. The summed E-state index contributed by atoms with van der Waals surface area (Å²) in [6.07, 6.45) is 4.36. The fourth-order valence-corrected chi connectivity index (χ4v) is 2.18. The van der Waals surface area contributed by atoms with Crippen molar-refractivity contribution in [1.29, 1.82) is 0 Å². The number of fused-ring (bicyclic) bond motifs is 1. The van der Waals surface area contributed by atoms with Gasteiger partial charge in [-0.15, -0.1) is 0 Å². The third kappa shape index (κ3) is 1.45. The van der Waals surface area contributed by atoms with E-state index >= 15 is 0 Å². The maximum Gasteiger partial charge on any atom is 0.262 e. The second-order valence-electron chi connectivity index (χ2n) is 4.17. The van der Waals surface area contributed by atoms with Crippen molar-refractivity contribution in [3.05, 3.63) is 53.5 Å². The van der Waals surface area contributed by atoms with Crippen LogP contribution < -0.4 is 5.56 Å². The molecule has 6 heteroatoms. The van der Waals surface area contributed by atoms with Crippen LogP contribution >= 0.6 is 0 Å². The van der Waals surface area contributed by atoms with E-state index in [1.165, 1.54) is 18.9 Å². The third-order valence-electron chi connectivity index (χ3n) is 3.01. The molecule has 1 N–H and O–H groups in total. The van der Waals surface area contributed by atoms with Crippen molar-refractivity contribution < 1.29 is 13.3 Å². The SMILES string of the molecule is O=c1[nH]cnc2oc(-c3ccco3)c(-c3ccco3)c12. The first-order chi connectivity index (χ1) is 9.84. The smallest absolute Gasteiger partial charge is 0.262 e. The van der Waals surface area contributed by atoms with Gasteiger partial charge in [0.1, 0.15) is 11.1 Å². The van der Waals surface area contributed by atoms with E-state index in [4.69, 9.17) is 13.3 Å². The molecule has 0 unspecified atom stereocenters. The van der Waals surface area contributed by atoms with Gasteiger partial charge in [-0.1, -0.05) is 0 Å². The molecule has 0 saturated heterocycles. The highest BCUT2D eigenvalue weighted by molar-refractivity contribution is 5.97. The molecule has 0 bridgehead atoms. The minimum absolute atomic E-state index is 0.242. The van der Waals surface area contributed by atoms with Crippen LogP contribution in [0.3, 0.4) is 0 Å². The molecule has 0 aliphatic heterocycles. The minimum Gasteiger partial charge on any atom is -0.464 e. The summed E-state index contributed by atoms with van der Waals surface area (Å²) in [7, 11) is 0. The fourth-order valence-electron chi connectivity index (χ4n) is 2.18. The molecule has 6 nitrogen and oxygen atoms in total. The van der Waals surface area contributed by atoms with Gasteiger partial charge in [0.2, 0.25) is 5.71 Å². The second-order valence-corrected chi connectivity index (χ2v) is 4.17. The Bertz CT molecular complexity index is 914. The highest BCUT2D eigenvalue weighted by Gasteiger charge is 2.24. The predicted molar refractivity (Wildman–Crippen MR) is 70.0 cm³/mol. The number of nitrogens with one attached hydrogen (secondary N) is 1. The van der Waals surface area contributed by atoms with Crippen molar-refractivity contribution >= 4 is 11.1 Å². The molecule has 4 rings (SSSR count). The van der Waals surface area contributed by atoms with Crippen LogP contribution in [0.5, 0.6) is 0 Å². The fraction of sp³-hybridized carbons (Fsp3) is 0. The lowest BCUT2D eigenvalue weighted by atomic mass is 10.1. The zero-order valence-electron chi connectivity index (χ0n) is 10.1. The molecule has 0 aromatic carbocycles. The summed E-state index contributed by atoms with van der Waals surface area (Å²) in [5.41, 5.74) is 0.490. The summed E-state index contributed by atoms with van der Waals surface area (Å²) >= 11 is 0. The zero-order valence-corrected chi connectivity index (χ0v) is 10.1. The Labute approximate surface area is 111 Å². The predicted octanol–water partition coefficient (Wildman–Crippen LogP) is 3.04. The Kier molecular flexibility index (Phi) is 2.17. The van der Waals surface area contributed by atoms with E-state index in [0.29, 0.717) is 28.2 Å². The Balaban J connectivity index is 2.17. The average molecular weight is 268 g/mol. The maximum atomic E-state index is 12.0.